The number of rotatable bonds is 7. The number of ether oxygens (including phenoxy) is 1. The van der Waals surface area contributed by atoms with Crippen LogP contribution < -0.4 is 11.1 Å². The Morgan fingerprint density at radius 3 is 2.86 bits per heavy atom. The molecule has 0 amide bonds. The normalized spacial score (nSPS) is 26.3. The van der Waals surface area contributed by atoms with Crippen LogP contribution in [0.1, 0.15) is 26.7 Å². The third kappa shape index (κ3) is 5.74. The van der Waals surface area contributed by atoms with Gasteiger partial charge in [0.2, 0.25) is 0 Å². The van der Waals surface area contributed by atoms with Crippen molar-refractivity contribution in [3.63, 3.8) is 0 Å². The van der Waals surface area contributed by atoms with Crippen LogP contribution in [0.2, 0.25) is 0 Å². The number of nitrogens with zero attached hydrogens (tertiary/aromatic N) is 3. The van der Waals surface area contributed by atoms with Crippen LogP contribution >= 0.6 is 0 Å². The second-order valence-electron chi connectivity index (χ2n) is 6.55. The van der Waals surface area contributed by atoms with Crippen LogP contribution in [0.25, 0.3) is 0 Å². The van der Waals surface area contributed by atoms with Crippen molar-refractivity contribution in [3.05, 3.63) is 0 Å². The molecule has 2 unspecified atom stereocenters. The van der Waals surface area contributed by atoms with E-state index in [4.69, 9.17) is 10.5 Å². The Hall–Kier alpha value is -0.850. The molecule has 3 N–H and O–H groups in total. The van der Waals surface area contributed by atoms with Gasteiger partial charge in [0, 0.05) is 38.8 Å². The van der Waals surface area contributed by atoms with Crippen molar-refractivity contribution < 1.29 is 4.74 Å². The molecule has 2 fully saturated rings. The summed E-state index contributed by atoms with van der Waals surface area (Å²) in [5.74, 6) is 1.12. The van der Waals surface area contributed by atoms with Crippen molar-refractivity contribution in [1.82, 2.24) is 15.1 Å². The van der Waals surface area contributed by atoms with E-state index in [2.05, 4.69) is 34.0 Å². The Bertz CT molecular complexity index is 343. The van der Waals surface area contributed by atoms with Crippen LogP contribution in [0.3, 0.4) is 0 Å². The van der Waals surface area contributed by atoms with Crippen molar-refractivity contribution in [1.29, 1.82) is 0 Å². The van der Waals surface area contributed by atoms with Crippen molar-refractivity contribution in [2.24, 2.45) is 16.6 Å². The average molecular weight is 311 g/mol. The lowest BCUT2D eigenvalue weighted by molar-refractivity contribution is 0.0323. The molecule has 2 atom stereocenters. The molecule has 22 heavy (non-hydrogen) atoms. The van der Waals surface area contributed by atoms with E-state index in [0.717, 1.165) is 52.5 Å². The number of hydrogen-bond donors (Lipinski definition) is 2. The summed E-state index contributed by atoms with van der Waals surface area (Å²) < 4.78 is 5.37. The Balaban J connectivity index is 1.63. The van der Waals surface area contributed by atoms with Crippen molar-refractivity contribution in [3.8, 4) is 0 Å². The lowest BCUT2D eigenvalue weighted by Crippen LogP contribution is -2.43. The van der Waals surface area contributed by atoms with Gasteiger partial charge >= 0.3 is 0 Å². The maximum Gasteiger partial charge on any atom is 0.188 e. The van der Waals surface area contributed by atoms with E-state index in [-0.39, 0.29) is 0 Å². The molecule has 0 bridgehead atoms. The van der Waals surface area contributed by atoms with Gasteiger partial charge in [-0.05, 0) is 31.8 Å². The van der Waals surface area contributed by atoms with E-state index in [1.807, 2.05) is 0 Å². The average Bonchev–Trinajstić information content (AvgIpc) is 2.99. The largest absolute Gasteiger partial charge is 0.379 e. The summed E-state index contributed by atoms with van der Waals surface area (Å²) in [6.45, 7) is 13.4. The third-order valence-corrected chi connectivity index (χ3v) is 4.67. The standard InChI is InChI=1S/C16H33N5O/c1-3-21-6-4-5-15(21)12-19-16(17)18-11-14(2)13-20-7-9-22-10-8-20/h14-15H,3-13H2,1-2H3,(H3,17,18,19). The third-order valence-electron chi connectivity index (χ3n) is 4.67. The quantitative estimate of drug-likeness (QED) is 0.524. The topological polar surface area (TPSA) is 66.1 Å². The number of nitrogens with one attached hydrogen (secondary N) is 1. The maximum atomic E-state index is 6.01. The van der Waals surface area contributed by atoms with Crippen molar-refractivity contribution in [2.75, 3.05) is 59.0 Å². The van der Waals surface area contributed by atoms with Gasteiger partial charge in [0.1, 0.15) is 0 Å². The van der Waals surface area contributed by atoms with Gasteiger partial charge in [-0.25, -0.2) is 0 Å². The fourth-order valence-electron chi connectivity index (χ4n) is 3.36. The number of likely N-dealkylation sites (N-methyl/N-ethyl adjacent to an activating group) is 1. The zero-order valence-electron chi connectivity index (χ0n) is 14.3. The van der Waals surface area contributed by atoms with Crippen molar-refractivity contribution >= 4 is 5.96 Å². The number of morpholine rings is 1. The molecule has 0 aromatic carbocycles. The van der Waals surface area contributed by atoms with E-state index in [1.54, 1.807) is 0 Å². The number of guanidine groups is 1. The molecular weight excluding hydrogens is 278 g/mol. The van der Waals surface area contributed by atoms with E-state index < -0.39 is 0 Å². The van der Waals surface area contributed by atoms with Crippen LogP contribution in [0.15, 0.2) is 4.99 Å². The molecule has 0 saturated carbocycles. The zero-order valence-corrected chi connectivity index (χ0v) is 14.3. The van der Waals surface area contributed by atoms with Crippen molar-refractivity contribution in [2.45, 2.75) is 32.7 Å². The number of likely N-dealkylation sites (tertiary alicyclic amines) is 1. The Morgan fingerprint density at radius 2 is 2.14 bits per heavy atom. The number of hydrogen-bond acceptors (Lipinski definition) is 4. The highest BCUT2D eigenvalue weighted by molar-refractivity contribution is 5.77. The molecule has 0 aromatic heterocycles. The SMILES string of the molecule is CCN1CCCC1CNC(N)=NCC(C)CN1CCOCC1. The fraction of sp³-hybridized carbons (Fsp3) is 0.938. The van der Waals surface area contributed by atoms with Gasteiger partial charge < -0.3 is 15.8 Å². The molecule has 2 aliphatic heterocycles. The summed E-state index contributed by atoms with van der Waals surface area (Å²) in [6, 6.07) is 0.615. The van der Waals surface area contributed by atoms with E-state index >= 15 is 0 Å². The van der Waals surface area contributed by atoms with E-state index in [1.165, 1.54) is 19.4 Å². The first kappa shape index (κ1) is 17.5. The summed E-state index contributed by atoms with van der Waals surface area (Å²) in [4.78, 5) is 9.47. The van der Waals surface area contributed by atoms with Gasteiger partial charge in [-0.3, -0.25) is 14.8 Å². The molecule has 0 spiro atoms. The van der Waals surface area contributed by atoms with Crippen LogP contribution in [-0.2, 0) is 4.74 Å². The lowest BCUT2D eigenvalue weighted by Gasteiger charge is -2.28. The molecule has 6 nitrogen and oxygen atoms in total. The highest BCUT2D eigenvalue weighted by Crippen LogP contribution is 2.15. The molecule has 2 rings (SSSR count). The van der Waals surface area contributed by atoms with Crippen LogP contribution in [0.5, 0.6) is 0 Å². The number of aliphatic imine (C=N–C) groups is 1. The molecule has 2 saturated heterocycles. The molecule has 6 heteroatoms. The minimum absolute atomic E-state index is 0.525. The highest BCUT2D eigenvalue weighted by atomic mass is 16.5. The minimum atomic E-state index is 0.525. The smallest absolute Gasteiger partial charge is 0.188 e. The maximum absolute atomic E-state index is 6.01. The predicted octanol–water partition coefficient (Wildman–Crippen LogP) is 0.343. The zero-order chi connectivity index (χ0) is 15.8. The van der Waals surface area contributed by atoms with E-state index in [9.17, 15) is 0 Å². The Kier molecular flexibility index (Phi) is 7.42. The summed E-state index contributed by atoms with van der Waals surface area (Å²) in [5.41, 5.74) is 6.01. The van der Waals surface area contributed by atoms with Gasteiger partial charge in [-0.1, -0.05) is 13.8 Å². The van der Waals surface area contributed by atoms with Gasteiger partial charge in [0.15, 0.2) is 5.96 Å². The summed E-state index contributed by atoms with van der Waals surface area (Å²) in [7, 11) is 0. The first-order valence-electron chi connectivity index (χ1n) is 8.77. The molecule has 0 radical (unpaired) electrons. The number of nitrogens with two attached hydrogens (primary N) is 1. The molecule has 128 valence electrons. The molecule has 0 aliphatic carbocycles. The second kappa shape index (κ2) is 9.33. The van der Waals surface area contributed by atoms with Gasteiger partial charge in [0.25, 0.3) is 0 Å². The first-order chi connectivity index (χ1) is 10.7. The van der Waals surface area contributed by atoms with Gasteiger partial charge in [-0.15, -0.1) is 0 Å². The van der Waals surface area contributed by atoms with Crippen LogP contribution in [0.4, 0.5) is 0 Å². The summed E-state index contributed by atoms with van der Waals surface area (Å²) in [6.07, 6.45) is 2.56. The monoisotopic (exact) mass is 311 g/mol. The Morgan fingerprint density at radius 1 is 1.36 bits per heavy atom. The molecular formula is C16H33N5O. The van der Waals surface area contributed by atoms with Crippen LogP contribution in [0, 0.1) is 5.92 Å². The summed E-state index contributed by atoms with van der Waals surface area (Å²) in [5, 5.41) is 3.30. The minimum Gasteiger partial charge on any atom is -0.379 e. The highest BCUT2D eigenvalue weighted by Gasteiger charge is 2.22. The second-order valence-corrected chi connectivity index (χ2v) is 6.55. The summed E-state index contributed by atoms with van der Waals surface area (Å²) >= 11 is 0. The first-order valence-corrected chi connectivity index (χ1v) is 8.77. The Labute approximate surface area is 135 Å². The fourth-order valence-corrected chi connectivity index (χ4v) is 3.36. The van der Waals surface area contributed by atoms with Gasteiger partial charge in [0.05, 0.1) is 13.2 Å². The molecule has 0 aromatic rings. The molecule has 2 heterocycles. The van der Waals surface area contributed by atoms with Gasteiger partial charge in [-0.2, -0.15) is 0 Å². The lowest BCUT2D eigenvalue weighted by atomic mass is 10.1. The van der Waals surface area contributed by atoms with Crippen LogP contribution in [-0.4, -0.2) is 80.8 Å². The predicted molar refractivity (Wildman–Crippen MR) is 91.2 cm³/mol. The van der Waals surface area contributed by atoms with E-state index in [0.29, 0.717) is 17.9 Å². The molecule has 2 aliphatic rings.